The summed E-state index contributed by atoms with van der Waals surface area (Å²) in [6.07, 6.45) is -0.354. The average molecular weight is 531 g/mol. The Kier molecular flexibility index (Phi) is 8.09. The van der Waals surface area contributed by atoms with Gasteiger partial charge in [-0.25, -0.2) is 4.39 Å². The van der Waals surface area contributed by atoms with E-state index in [1.165, 1.54) is 30.3 Å². The molecule has 2 atom stereocenters. The van der Waals surface area contributed by atoms with Crippen LogP contribution in [0.1, 0.15) is 36.2 Å². The molecule has 196 valence electrons. The van der Waals surface area contributed by atoms with E-state index >= 15 is 0 Å². The highest BCUT2D eigenvalue weighted by atomic mass is 35.5. The third-order valence-electron chi connectivity index (χ3n) is 6.66. The first-order valence-corrected chi connectivity index (χ1v) is 12.3. The molecule has 2 heterocycles. The quantitative estimate of drug-likeness (QED) is 0.401. The molecular formula is C26H28ClFN4O5. The molecule has 0 saturated carbocycles. The molecule has 0 radical (unpaired) electrons. The number of nitrogens with one attached hydrogen (secondary N) is 2. The number of nitrogens with zero attached hydrogens (tertiary/aromatic N) is 2. The van der Waals surface area contributed by atoms with Gasteiger partial charge in [-0.2, -0.15) is 0 Å². The van der Waals surface area contributed by atoms with E-state index in [1.54, 1.807) is 17.0 Å². The van der Waals surface area contributed by atoms with Crippen LogP contribution in [0.3, 0.4) is 0 Å². The number of ether oxygens (including phenoxy) is 1. The Hall–Kier alpha value is -3.50. The number of carbonyl (C=O) groups is 4. The zero-order chi connectivity index (χ0) is 26.7. The van der Waals surface area contributed by atoms with Crippen LogP contribution in [0, 0.1) is 11.7 Å². The number of hydrogen-bond acceptors (Lipinski definition) is 6. The Labute approximate surface area is 218 Å². The van der Waals surface area contributed by atoms with Gasteiger partial charge in [0.05, 0.1) is 5.56 Å². The van der Waals surface area contributed by atoms with Crippen LogP contribution in [0.2, 0.25) is 5.02 Å². The van der Waals surface area contributed by atoms with E-state index in [2.05, 4.69) is 15.8 Å². The van der Waals surface area contributed by atoms with Crippen LogP contribution in [-0.4, -0.2) is 65.1 Å². The van der Waals surface area contributed by atoms with Crippen LogP contribution < -0.4 is 15.6 Å². The average Bonchev–Trinajstić information content (AvgIpc) is 3.18. The van der Waals surface area contributed by atoms with E-state index in [0.717, 1.165) is 5.56 Å². The minimum Gasteiger partial charge on any atom is -0.483 e. The van der Waals surface area contributed by atoms with Crippen molar-refractivity contribution >= 4 is 35.1 Å². The van der Waals surface area contributed by atoms with E-state index in [1.807, 2.05) is 13.8 Å². The molecular weight excluding hydrogens is 503 g/mol. The first-order chi connectivity index (χ1) is 17.6. The van der Waals surface area contributed by atoms with Gasteiger partial charge in [-0.15, -0.1) is 0 Å². The van der Waals surface area contributed by atoms with E-state index < -0.39 is 23.5 Å². The van der Waals surface area contributed by atoms with Gasteiger partial charge in [-0.05, 0) is 49.7 Å². The van der Waals surface area contributed by atoms with Gasteiger partial charge in [-0.1, -0.05) is 23.7 Å². The molecule has 0 spiro atoms. The summed E-state index contributed by atoms with van der Waals surface area (Å²) in [5.41, 5.74) is 5.47. The number of Topliss-reactive ketones (excluding diaryl/α,β-unsaturated/α-hetero) is 1. The molecule has 0 aromatic heterocycles. The van der Waals surface area contributed by atoms with Crippen LogP contribution in [0.4, 0.5) is 4.39 Å². The minimum atomic E-state index is -1.14. The molecule has 2 N–H and O–H groups in total. The number of carbonyl (C=O) groups excluding carboxylic acids is 4. The lowest BCUT2D eigenvalue weighted by molar-refractivity contribution is -0.139. The molecule has 2 fully saturated rings. The van der Waals surface area contributed by atoms with Gasteiger partial charge in [0, 0.05) is 43.2 Å². The van der Waals surface area contributed by atoms with Gasteiger partial charge in [0.15, 0.2) is 12.4 Å². The highest BCUT2D eigenvalue weighted by molar-refractivity contribution is 6.31. The van der Waals surface area contributed by atoms with Crippen molar-refractivity contribution in [1.82, 2.24) is 20.7 Å². The Morgan fingerprint density at radius 1 is 1.03 bits per heavy atom. The fourth-order valence-electron chi connectivity index (χ4n) is 4.56. The summed E-state index contributed by atoms with van der Waals surface area (Å²) in [5.74, 6) is -3.17. The molecule has 0 aliphatic carbocycles. The van der Waals surface area contributed by atoms with Crippen molar-refractivity contribution in [3.63, 3.8) is 0 Å². The second-order valence-electron chi connectivity index (χ2n) is 9.39. The maximum absolute atomic E-state index is 13.2. The van der Waals surface area contributed by atoms with Gasteiger partial charge in [-0.3, -0.25) is 34.9 Å². The number of amides is 3. The van der Waals surface area contributed by atoms with E-state index in [-0.39, 0.29) is 53.2 Å². The van der Waals surface area contributed by atoms with E-state index in [4.69, 9.17) is 16.3 Å². The van der Waals surface area contributed by atoms with Crippen molar-refractivity contribution in [2.24, 2.45) is 5.92 Å². The first-order valence-electron chi connectivity index (χ1n) is 12.0. The van der Waals surface area contributed by atoms with Gasteiger partial charge >= 0.3 is 0 Å². The van der Waals surface area contributed by atoms with Crippen molar-refractivity contribution in [1.29, 1.82) is 0 Å². The number of piperazine rings is 1. The van der Waals surface area contributed by atoms with Gasteiger partial charge in [0.25, 0.3) is 17.7 Å². The highest BCUT2D eigenvalue weighted by Gasteiger charge is 2.36. The molecule has 2 aliphatic heterocycles. The van der Waals surface area contributed by atoms with Crippen LogP contribution >= 0.6 is 11.6 Å². The molecule has 0 bridgehead atoms. The van der Waals surface area contributed by atoms with Gasteiger partial charge in [0.2, 0.25) is 0 Å². The van der Waals surface area contributed by atoms with Gasteiger partial charge < -0.3 is 9.64 Å². The maximum atomic E-state index is 13.2. The summed E-state index contributed by atoms with van der Waals surface area (Å²) < 4.78 is 19.0. The summed E-state index contributed by atoms with van der Waals surface area (Å²) in [4.78, 5) is 53.6. The second-order valence-corrected chi connectivity index (χ2v) is 9.82. The van der Waals surface area contributed by atoms with Crippen LogP contribution in [0.25, 0.3) is 0 Å². The number of hydrazine groups is 1. The zero-order valence-electron chi connectivity index (χ0n) is 20.5. The molecule has 11 heteroatoms. The Morgan fingerprint density at radius 3 is 2.38 bits per heavy atom. The third-order valence-corrected chi connectivity index (χ3v) is 6.89. The molecule has 2 aromatic rings. The Morgan fingerprint density at radius 2 is 1.70 bits per heavy atom. The summed E-state index contributed by atoms with van der Waals surface area (Å²) >= 11 is 6.07. The normalized spacial score (nSPS) is 20.5. The third kappa shape index (κ3) is 6.26. The van der Waals surface area contributed by atoms with Crippen LogP contribution in [0.5, 0.6) is 5.75 Å². The highest BCUT2D eigenvalue weighted by Crippen LogP contribution is 2.27. The molecule has 4 rings (SSSR count). The molecule has 37 heavy (non-hydrogen) atoms. The topological polar surface area (TPSA) is 108 Å². The van der Waals surface area contributed by atoms with Crippen LogP contribution in [-0.2, 0) is 20.9 Å². The Balaban J connectivity index is 1.37. The van der Waals surface area contributed by atoms with Crippen molar-refractivity contribution in [2.75, 3.05) is 19.7 Å². The molecule has 2 aliphatic rings. The lowest BCUT2D eigenvalue weighted by atomic mass is 9.97. The fourth-order valence-corrected chi connectivity index (χ4v) is 4.73. The molecule has 3 amide bonds. The largest absolute Gasteiger partial charge is 0.483 e. The molecule has 2 saturated heterocycles. The summed E-state index contributed by atoms with van der Waals surface area (Å²) in [5, 5.41) is 0.280. The molecule has 2 aromatic carbocycles. The SMILES string of the molecule is C[C@@H]1CN(Cc2ccc(F)cc2)[C@@H](C)CN1C(=O)COc1ccc(Cl)cc1C(=O)CC1C(=O)NNC1=O. The van der Waals surface area contributed by atoms with Gasteiger partial charge in [0.1, 0.15) is 17.5 Å². The maximum Gasteiger partial charge on any atom is 0.260 e. The van der Waals surface area contributed by atoms with Crippen molar-refractivity contribution in [3.8, 4) is 5.75 Å². The molecule has 9 nitrogen and oxygen atoms in total. The van der Waals surface area contributed by atoms with Crippen molar-refractivity contribution in [3.05, 3.63) is 64.4 Å². The monoisotopic (exact) mass is 530 g/mol. The minimum absolute atomic E-state index is 0.0709. The first kappa shape index (κ1) is 26.6. The summed E-state index contributed by atoms with van der Waals surface area (Å²) in [6, 6.07) is 10.8. The summed E-state index contributed by atoms with van der Waals surface area (Å²) in [7, 11) is 0. The standard InChI is InChI=1S/C26H28ClFN4O5/c1-15-12-32(16(2)11-31(15)13-17-3-6-19(28)7-4-17)24(34)14-37-23-8-5-18(27)9-20(23)22(33)10-21-25(35)29-30-26(21)36/h3-9,15-16,21H,10-14H2,1-2H3,(H,29,35)(H,30,36)/t15-,16+/m0/s1. The second kappa shape index (κ2) is 11.3. The predicted octanol–water partition coefficient (Wildman–Crippen LogP) is 2.33. The fraction of sp³-hybridized carbons (Fsp3) is 0.385. The lowest BCUT2D eigenvalue weighted by Gasteiger charge is -2.44. The number of benzene rings is 2. The molecule has 0 unspecified atom stereocenters. The summed E-state index contributed by atoms with van der Waals surface area (Å²) in [6.45, 7) is 5.47. The van der Waals surface area contributed by atoms with E-state index in [0.29, 0.717) is 19.6 Å². The van der Waals surface area contributed by atoms with Crippen LogP contribution in [0.15, 0.2) is 42.5 Å². The predicted molar refractivity (Wildman–Crippen MR) is 133 cm³/mol. The smallest absolute Gasteiger partial charge is 0.260 e. The van der Waals surface area contributed by atoms with E-state index in [9.17, 15) is 23.6 Å². The number of ketones is 1. The number of halogens is 2. The Bertz CT molecular complexity index is 1190. The van der Waals surface area contributed by atoms with Crippen molar-refractivity contribution in [2.45, 2.75) is 38.9 Å². The zero-order valence-corrected chi connectivity index (χ0v) is 21.3. The van der Waals surface area contributed by atoms with Crippen molar-refractivity contribution < 1.29 is 28.3 Å². The lowest BCUT2D eigenvalue weighted by Crippen LogP contribution is -2.58. The number of hydrogen-bond donors (Lipinski definition) is 2. The number of rotatable bonds is 8.